The molecule has 0 fully saturated rings. The van der Waals surface area contributed by atoms with E-state index in [1.807, 2.05) is 37.3 Å². The highest BCUT2D eigenvalue weighted by Gasteiger charge is 2.47. The molecular formula is C19H16Cl2O4. The van der Waals surface area contributed by atoms with Crippen LogP contribution in [-0.2, 0) is 16.6 Å². The lowest BCUT2D eigenvalue weighted by atomic mass is 9.75. The third-order valence-corrected chi connectivity index (χ3v) is 5.54. The van der Waals surface area contributed by atoms with Crippen molar-refractivity contribution in [1.82, 2.24) is 0 Å². The number of Topliss-reactive ketones (excluding diaryl/α,β-unsaturated/α-hetero) is 1. The van der Waals surface area contributed by atoms with Crippen LogP contribution in [0.3, 0.4) is 0 Å². The van der Waals surface area contributed by atoms with Crippen molar-refractivity contribution < 1.29 is 19.4 Å². The maximum atomic E-state index is 13.2. The predicted octanol–water partition coefficient (Wildman–Crippen LogP) is 4.54. The zero-order chi connectivity index (χ0) is 18.2. The predicted molar refractivity (Wildman–Crippen MR) is 96.0 cm³/mol. The second-order valence-electron chi connectivity index (χ2n) is 6.03. The van der Waals surface area contributed by atoms with Gasteiger partial charge in [-0.1, -0.05) is 60.5 Å². The molecule has 1 aliphatic rings. The summed E-state index contributed by atoms with van der Waals surface area (Å²) in [7, 11) is 0. The normalized spacial score (nSPS) is 18.9. The summed E-state index contributed by atoms with van der Waals surface area (Å²) in [4.78, 5) is 24.0. The molecule has 0 saturated carbocycles. The molecule has 2 aromatic rings. The largest absolute Gasteiger partial charge is 0.480 e. The number of carboxylic acids is 1. The van der Waals surface area contributed by atoms with Crippen LogP contribution < -0.4 is 4.74 Å². The number of ether oxygens (including phenoxy) is 1. The Bertz CT molecular complexity index is 848. The van der Waals surface area contributed by atoms with Crippen LogP contribution in [0.4, 0.5) is 0 Å². The molecule has 1 N–H and O–H groups in total. The highest BCUT2D eigenvalue weighted by molar-refractivity contribution is 6.45. The van der Waals surface area contributed by atoms with Crippen molar-refractivity contribution in [3.63, 3.8) is 0 Å². The van der Waals surface area contributed by atoms with Crippen LogP contribution in [0.5, 0.6) is 5.75 Å². The fraction of sp³-hybridized carbons (Fsp3) is 0.263. The van der Waals surface area contributed by atoms with Crippen LogP contribution in [0.15, 0.2) is 36.4 Å². The molecule has 0 amide bonds. The summed E-state index contributed by atoms with van der Waals surface area (Å²) in [5.41, 5.74) is 1.37. The number of hydrogen-bond donors (Lipinski definition) is 1. The van der Waals surface area contributed by atoms with E-state index in [0.29, 0.717) is 18.4 Å². The molecule has 0 radical (unpaired) electrons. The molecule has 0 bridgehead atoms. The van der Waals surface area contributed by atoms with Gasteiger partial charge in [-0.2, -0.15) is 0 Å². The van der Waals surface area contributed by atoms with E-state index in [0.717, 1.165) is 11.1 Å². The molecule has 6 heteroatoms. The number of carbonyl (C=O) groups is 2. The van der Waals surface area contributed by atoms with Gasteiger partial charge in [-0.15, -0.1) is 0 Å². The lowest BCUT2D eigenvalue weighted by molar-refractivity contribution is -0.139. The van der Waals surface area contributed by atoms with Crippen molar-refractivity contribution in [2.24, 2.45) is 0 Å². The van der Waals surface area contributed by atoms with Crippen molar-refractivity contribution >= 4 is 35.0 Å². The summed E-state index contributed by atoms with van der Waals surface area (Å²) in [6, 6.07) is 11.2. The minimum absolute atomic E-state index is 0.0621. The Balaban J connectivity index is 2.09. The van der Waals surface area contributed by atoms with Gasteiger partial charge >= 0.3 is 5.97 Å². The number of fused-ring (bicyclic) bond motifs is 1. The van der Waals surface area contributed by atoms with Gasteiger partial charge in [-0.3, -0.25) is 4.79 Å². The molecule has 0 heterocycles. The molecule has 1 aliphatic carbocycles. The second-order valence-corrected chi connectivity index (χ2v) is 6.78. The van der Waals surface area contributed by atoms with E-state index in [1.165, 1.54) is 0 Å². The van der Waals surface area contributed by atoms with Gasteiger partial charge in [-0.25, -0.2) is 4.79 Å². The first-order valence-electron chi connectivity index (χ1n) is 7.86. The minimum atomic E-state index is -1.11. The van der Waals surface area contributed by atoms with Crippen LogP contribution in [0.1, 0.15) is 34.8 Å². The van der Waals surface area contributed by atoms with Gasteiger partial charge in [0.15, 0.2) is 12.4 Å². The number of ketones is 1. The first kappa shape index (κ1) is 17.8. The summed E-state index contributed by atoms with van der Waals surface area (Å²) in [6.45, 7) is 1.44. The third-order valence-electron chi connectivity index (χ3n) is 4.69. The monoisotopic (exact) mass is 378 g/mol. The van der Waals surface area contributed by atoms with Gasteiger partial charge in [0.2, 0.25) is 0 Å². The summed E-state index contributed by atoms with van der Waals surface area (Å²) in [6.07, 6.45) is 1.09. The van der Waals surface area contributed by atoms with Gasteiger partial charge in [-0.05, 0) is 30.0 Å². The minimum Gasteiger partial charge on any atom is -0.480 e. The van der Waals surface area contributed by atoms with Gasteiger partial charge < -0.3 is 9.84 Å². The number of aliphatic carboxylic acids is 1. The zero-order valence-electron chi connectivity index (χ0n) is 13.5. The highest BCUT2D eigenvalue weighted by atomic mass is 35.5. The van der Waals surface area contributed by atoms with Crippen LogP contribution in [-0.4, -0.2) is 23.5 Å². The number of rotatable bonds is 5. The summed E-state index contributed by atoms with van der Waals surface area (Å²) in [5, 5.41) is 8.97. The Kier molecular flexibility index (Phi) is 4.76. The molecule has 0 spiro atoms. The molecular weight excluding hydrogens is 363 g/mol. The Morgan fingerprint density at radius 1 is 1.24 bits per heavy atom. The molecule has 2 aromatic carbocycles. The van der Waals surface area contributed by atoms with E-state index in [1.54, 1.807) is 6.07 Å². The molecule has 1 unspecified atom stereocenters. The topological polar surface area (TPSA) is 63.6 Å². The Hall–Kier alpha value is -2.04. The Morgan fingerprint density at radius 3 is 2.52 bits per heavy atom. The maximum Gasteiger partial charge on any atom is 0.341 e. The zero-order valence-corrected chi connectivity index (χ0v) is 15.0. The van der Waals surface area contributed by atoms with E-state index in [9.17, 15) is 9.59 Å². The van der Waals surface area contributed by atoms with E-state index in [2.05, 4.69) is 0 Å². The lowest BCUT2D eigenvalue weighted by Gasteiger charge is -2.26. The van der Waals surface area contributed by atoms with Crippen LogP contribution in [0, 0.1) is 0 Å². The molecule has 3 rings (SSSR count). The fourth-order valence-corrected chi connectivity index (χ4v) is 3.91. The van der Waals surface area contributed by atoms with E-state index in [-0.39, 0.29) is 21.6 Å². The highest BCUT2D eigenvalue weighted by Crippen LogP contribution is 2.48. The van der Waals surface area contributed by atoms with Crippen molar-refractivity contribution in [3.05, 3.63) is 63.1 Å². The number of hydrogen-bond acceptors (Lipinski definition) is 3. The molecule has 25 heavy (non-hydrogen) atoms. The molecule has 130 valence electrons. The molecule has 0 saturated heterocycles. The van der Waals surface area contributed by atoms with Crippen molar-refractivity contribution in [1.29, 1.82) is 0 Å². The standard InChI is InChI=1S/C19H16Cl2O4/c1-2-19(12-6-4-3-5-7-12)9-11-8-13(25-10-14(22)23)16(20)17(21)15(11)18(19)24/h3-8H,2,9-10H2,1H3,(H,22,23). The van der Waals surface area contributed by atoms with Crippen molar-refractivity contribution in [2.45, 2.75) is 25.2 Å². The number of benzene rings is 2. The Morgan fingerprint density at radius 2 is 1.92 bits per heavy atom. The van der Waals surface area contributed by atoms with E-state index < -0.39 is 18.0 Å². The van der Waals surface area contributed by atoms with Gasteiger partial charge in [0.05, 0.1) is 10.4 Å². The van der Waals surface area contributed by atoms with Gasteiger partial charge in [0.1, 0.15) is 10.8 Å². The number of carboxylic acid groups (broad SMARTS) is 1. The Labute approximate surface area is 155 Å². The third kappa shape index (κ3) is 2.90. The average molecular weight is 379 g/mol. The van der Waals surface area contributed by atoms with E-state index in [4.69, 9.17) is 33.0 Å². The molecule has 0 aromatic heterocycles. The number of halogens is 2. The second kappa shape index (κ2) is 6.70. The molecule has 0 aliphatic heterocycles. The van der Waals surface area contributed by atoms with E-state index >= 15 is 0 Å². The average Bonchev–Trinajstić information content (AvgIpc) is 2.90. The summed E-state index contributed by atoms with van der Waals surface area (Å²) >= 11 is 12.6. The molecule has 1 atom stereocenters. The lowest BCUT2D eigenvalue weighted by Crippen LogP contribution is -2.32. The maximum absolute atomic E-state index is 13.2. The van der Waals surface area contributed by atoms with Crippen LogP contribution >= 0.6 is 23.2 Å². The van der Waals surface area contributed by atoms with Crippen molar-refractivity contribution in [2.75, 3.05) is 6.61 Å². The van der Waals surface area contributed by atoms with Crippen molar-refractivity contribution in [3.8, 4) is 5.75 Å². The quantitative estimate of drug-likeness (QED) is 0.828. The summed E-state index contributed by atoms with van der Waals surface area (Å²) in [5.74, 6) is -0.996. The molecule has 4 nitrogen and oxygen atoms in total. The SMILES string of the molecule is CCC1(c2ccccc2)Cc2cc(OCC(=O)O)c(Cl)c(Cl)c2C1=O. The first-order valence-corrected chi connectivity index (χ1v) is 8.62. The fourth-order valence-electron chi connectivity index (χ4n) is 3.41. The van der Waals surface area contributed by atoms with Crippen LogP contribution in [0.25, 0.3) is 0 Å². The van der Waals surface area contributed by atoms with Gasteiger partial charge in [0.25, 0.3) is 0 Å². The smallest absolute Gasteiger partial charge is 0.341 e. The first-order chi connectivity index (χ1) is 11.9. The van der Waals surface area contributed by atoms with Gasteiger partial charge in [0, 0.05) is 5.56 Å². The van der Waals surface area contributed by atoms with Crippen LogP contribution in [0.2, 0.25) is 10.0 Å². The number of carbonyl (C=O) groups excluding carboxylic acids is 1. The summed E-state index contributed by atoms with van der Waals surface area (Å²) < 4.78 is 5.22.